The molecule has 1 aromatic heterocycles. The van der Waals surface area contributed by atoms with E-state index in [1.807, 2.05) is 24.0 Å². The summed E-state index contributed by atoms with van der Waals surface area (Å²) < 4.78 is 1.43. The molecule has 2 fully saturated rings. The maximum atomic E-state index is 13.7. The SMILES string of the molecule is Cc1cc(C)n(CC(=O)N2CCC3(CC2)CC(Cc2ccccc2)N(CC(C)C)C3=O)c(=O)n1. The molecule has 0 bridgehead atoms. The average molecular weight is 465 g/mol. The van der Waals surface area contributed by atoms with Gasteiger partial charge in [0.2, 0.25) is 11.8 Å². The van der Waals surface area contributed by atoms with Gasteiger partial charge >= 0.3 is 5.69 Å². The van der Waals surface area contributed by atoms with Crippen molar-refractivity contribution in [3.05, 3.63) is 63.8 Å². The summed E-state index contributed by atoms with van der Waals surface area (Å²) in [7, 11) is 0. The molecule has 1 aromatic carbocycles. The third-order valence-electron chi connectivity index (χ3n) is 7.37. The van der Waals surface area contributed by atoms with Gasteiger partial charge in [0, 0.05) is 37.1 Å². The van der Waals surface area contributed by atoms with Gasteiger partial charge in [-0.05, 0) is 57.1 Å². The molecule has 0 N–H and O–H groups in total. The van der Waals surface area contributed by atoms with Crippen molar-refractivity contribution in [3.63, 3.8) is 0 Å². The molecule has 34 heavy (non-hydrogen) atoms. The van der Waals surface area contributed by atoms with Crippen molar-refractivity contribution in [2.24, 2.45) is 11.3 Å². The number of piperidine rings is 1. The molecule has 1 spiro atoms. The second kappa shape index (κ2) is 9.72. The number of carbonyl (C=O) groups is 2. The highest BCUT2D eigenvalue weighted by molar-refractivity contribution is 5.86. The Kier molecular flexibility index (Phi) is 6.91. The molecule has 4 rings (SSSR count). The first-order valence-electron chi connectivity index (χ1n) is 12.4. The van der Waals surface area contributed by atoms with Crippen LogP contribution in [0.2, 0.25) is 0 Å². The monoisotopic (exact) mass is 464 g/mol. The van der Waals surface area contributed by atoms with Crippen molar-refractivity contribution in [3.8, 4) is 0 Å². The molecule has 3 heterocycles. The van der Waals surface area contributed by atoms with Crippen LogP contribution in [0.1, 0.15) is 50.1 Å². The van der Waals surface area contributed by atoms with E-state index in [-0.39, 0.29) is 29.8 Å². The molecular weight excluding hydrogens is 428 g/mol. The van der Waals surface area contributed by atoms with Crippen LogP contribution in [-0.4, -0.2) is 56.8 Å². The van der Waals surface area contributed by atoms with Gasteiger partial charge in [-0.1, -0.05) is 44.2 Å². The minimum absolute atomic E-state index is 0.00496. The van der Waals surface area contributed by atoms with E-state index in [0.717, 1.165) is 25.1 Å². The van der Waals surface area contributed by atoms with Crippen LogP contribution in [-0.2, 0) is 22.6 Å². The van der Waals surface area contributed by atoms with E-state index in [2.05, 4.69) is 48.0 Å². The average Bonchev–Trinajstić information content (AvgIpc) is 3.02. The van der Waals surface area contributed by atoms with Gasteiger partial charge in [0.15, 0.2) is 0 Å². The molecule has 7 heteroatoms. The van der Waals surface area contributed by atoms with E-state index < -0.39 is 5.69 Å². The highest BCUT2D eigenvalue weighted by Crippen LogP contribution is 2.45. The lowest BCUT2D eigenvalue weighted by Gasteiger charge is -2.38. The summed E-state index contributed by atoms with van der Waals surface area (Å²) in [4.78, 5) is 46.8. The van der Waals surface area contributed by atoms with Crippen molar-refractivity contribution in [1.29, 1.82) is 0 Å². The molecule has 7 nitrogen and oxygen atoms in total. The molecule has 1 unspecified atom stereocenters. The largest absolute Gasteiger partial charge is 0.348 e. The Bertz CT molecular complexity index is 1100. The second-order valence-corrected chi connectivity index (χ2v) is 10.5. The first kappa shape index (κ1) is 24.2. The molecule has 0 saturated carbocycles. The molecule has 2 aliphatic heterocycles. The van der Waals surface area contributed by atoms with Crippen LogP contribution in [0.15, 0.2) is 41.2 Å². The Morgan fingerprint density at radius 2 is 1.79 bits per heavy atom. The Morgan fingerprint density at radius 3 is 2.41 bits per heavy atom. The summed E-state index contributed by atoms with van der Waals surface area (Å²) in [6.45, 7) is 9.76. The zero-order valence-corrected chi connectivity index (χ0v) is 20.8. The predicted octanol–water partition coefficient (Wildman–Crippen LogP) is 2.97. The van der Waals surface area contributed by atoms with Crippen LogP contribution in [0.5, 0.6) is 0 Å². The maximum Gasteiger partial charge on any atom is 0.348 e. The van der Waals surface area contributed by atoms with Gasteiger partial charge in [-0.2, -0.15) is 4.98 Å². The molecular formula is C27H36N4O3. The van der Waals surface area contributed by atoms with Crippen molar-refractivity contribution >= 4 is 11.8 Å². The molecule has 0 aliphatic carbocycles. The fraction of sp³-hybridized carbons (Fsp3) is 0.556. The summed E-state index contributed by atoms with van der Waals surface area (Å²) >= 11 is 0. The van der Waals surface area contributed by atoms with Gasteiger partial charge in [0.1, 0.15) is 6.54 Å². The van der Waals surface area contributed by atoms with Crippen molar-refractivity contribution in [2.75, 3.05) is 19.6 Å². The van der Waals surface area contributed by atoms with E-state index >= 15 is 0 Å². The van der Waals surface area contributed by atoms with Gasteiger partial charge in [0.05, 0.1) is 5.41 Å². The van der Waals surface area contributed by atoms with E-state index in [9.17, 15) is 14.4 Å². The smallest absolute Gasteiger partial charge is 0.341 e. The summed E-state index contributed by atoms with van der Waals surface area (Å²) in [6.07, 6.45) is 3.07. The minimum Gasteiger partial charge on any atom is -0.341 e. The summed E-state index contributed by atoms with van der Waals surface area (Å²) in [5, 5.41) is 0. The Hall–Kier alpha value is -2.96. The quantitative estimate of drug-likeness (QED) is 0.659. The standard InChI is InChI=1S/C27H36N4O3/c1-19(2)17-31-23(15-22-8-6-5-7-9-22)16-27(25(31)33)10-12-29(13-11-27)24(32)18-30-21(4)14-20(3)28-26(30)34/h5-9,14,19,23H,10-13,15-18H2,1-4H3. The van der Waals surface area contributed by atoms with Crippen LogP contribution in [0.3, 0.4) is 0 Å². The number of rotatable bonds is 6. The number of likely N-dealkylation sites (tertiary alicyclic amines) is 2. The number of hydrogen-bond acceptors (Lipinski definition) is 4. The lowest BCUT2D eigenvalue weighted by Crippen LogP contribution is -2.48. The van der Waals surface area contributed by atoms with Gasteiger partial charge < -0.3 is 9.80 Å². The van der Waals surface area contributed by atoms with Gasteiger partial charge in [-0.3, -0.25) is 14.2 Å². The second-order valence-electron chi connectivity index (χ2n) is 10.5. The number of carbonyl (C=O) groups excluding carboxylic acids is 2. The Morgan fingerprint density at radius 1 is 1.12 bits per heavy atom. The number of aromatic nitrogens is 2. The van der Waals surface area contributed by atoms with Crippen molar-refractivity contribution in [2.45, 2.75) is 66.0 Å². The fourth-order valence-corrected chi connectivity index (χ4v) is 5.62. The van der Waals surface area contributed by atoms with Gasteiger partial charge in [0.25, 0.3) is 0 Å². The number of amides is 2. The highest BCUT2D eigenvalue weighted by Gasteiger charge is 2.52. The van der Waals surface area contributed by atoms with Crippen molar-refractivity contribution < 1.29 is 9.59 Å². The van der Waals surface area contributed by atoms with Crippen LogP contribution in [0.4, 0.5) is 0 Å². The first-order valence-corrected chi connectivity index (χ1v) is 12.4. The molecule has 1 atom stereocenters. The number of nitrogens with zero attached hydrogens (tertiary/aromatic N) is 4. The van der Waals surface area contributed by atoms with Crippen LogP contribution >= 0.6 is 0 Å². The van der Waals surface area contributed by atoms with Crippen LogP contribution < -0.4 is 5.69 Å². The normalized spacial score (nSPS) is 19.9. The number of aryl methyl sites for hydroxylation is 2. The summed E-state index contributed by atoms with van der Waals surface area (Å²) in [6, 6.07) is 12.4. The lowest BCUT2D eigenvalue weighted by molar-refractivity contribution is -0.143. The summed E-state index contributed by atoms with van der Waals surface area (Å²) in [5.41, 5.74) is 1.87. The maximum absolute atomic E-state index is 13.7. The van der Waals surface area contributed by atoms with E-state index in [4.69, 9.17) is 0 Å². The Labute approximate surface area is 201 Å². The summed E-state index contributed by atoms with van der Waals surface area (Å²) in [5.74, 6) is 0.573. The zero-order valence-electron chi connectivity index (χ0n) is 20.8. The number of benzene rings is 1. The van der Waals surface area contributed by atoms with E-state index in [0.29, 0.717) is 37.5 Å². The molecule has 0 radical (unpaired) electrons. The Balaban J connectivity index is 1.45. The lowest BCUT2D eigenvalue weighted by atomic mass is 9.75. The first-order chi connectivity index (χ1) is 16.2. The molecule has 2 aliphatic rings. The third-order valence-corrected chi connectivity index (χ3v) is 7.37. The topological polar surface area (TPSA) is 75.5 Å². The van der Waals surface area contributed by atoms with E-state index in [1.165, 1.54) is 10.1 Å². The molecule has 2 saturated heterocycles. The van der Waals surface area contributed by atoms with E-state index in [1.54, 1.807) is 6.92 Å². The third kappa shape index (κ3) is 4.93. The number of hydrogen-bond donors (Lipinski definition) is 0. The fourth-order valence-electron chi connectivity index (χ4n) is 5.62. The zero-order chi connectivity index (χ0) is 24.5. The molecule has 2 amide bonds. The van der Waals surface area contributed by atoms with Crippen molar-refractivity contribution in [1.82, 2.24) is 19.4 Å². The predicted molar refractivity (Wildman–Crippen MR) is 131 cm³/mol. The molecule has 2 aromatic rings. The van der Waals surface area contributed by atoms with Gasteiger partial charge in [-0.25, -0.2) is 4.79 Å². The van der Waals surface area contributed by atoms with Crippen LogP contribution in [0, 0.1) is 25.2 Å². The van der Waals surface area contributed by atoms with Crippen LogP contribution in [0.25, 0.3) is 0 Å². The minimum atomic E-state index is -0.390. The highest BCUT2D eigenvalue weighted by atomic mass is 16.2. The van der Waals surface area contributed by atoms with Gasteiger partial charge in [-0.15, -0.1) is 0 Å². The molecule has 182 valence electrons.